The Morgan fingerprint density at radius 3 is 2.23 bits per heavy atom. The van der Waals surface area contributed by atoms with Crippen LogP contribution in [-0.2, 0) is 14.3 Å². The number of esters is 1. The van der Waals surface area contributed by atoms with Crippen LogP contribution in [0.4, 0.5) is 0 Å². The quantitative estimate of drug-likeness (QED) is 0.562. The van der Waals surface area contributed by atoms with E-state index in [2.05, 4.69) is 17.2 Å². The lowest BCUT2D eigenvalue weighted by Gasteiger charge is -2.07. The first-order chi connectivity index (χ1) is 12.6. The molecule has 6 nitrogen and oxygen atoms in total. The maximum atomic E-state index is 12.1. The van der Waals surface area contributed by atoms with Crippen molar-refractivity contribution in [1.29, 1.82) is 0 Å². The SMILES string of the molecule is C=CCNC(=O)COC(=O)CNC(=O)c1ccc(-c2ccccc2)cc1. The molecule has 2 aromatic rings. The van der Waals surface area contributed by atoms with Crippen molar-refractivity contribution in [1.82, 2.24) is 10.6 Å². The molecule has 0 fully saturated rings. The van der Waals surface area contributed by atoms with Gasteiger partial charge in [-0.25, -0.2) is 0 Å². The van der Waals surface area contributed by atoms with Crippen LogP contribution in [0.3, 0.4) is 0 Å². The molecule has 0 radical (unpaired) electrons. The summed E-state index contributed by atoms with van der Waals surface area (Å²) in [5.74, 6) is -1.51. The van der Waals surface area contributed by atoms with Gasteiger partial charge in [0.1, 0.15) is 6.54 Å². The van der Waals surface area contributed by atoms with E-state index in [1.165, 1.54) is 6.08 Å². The van der Waals surface area contributed by atoms with Crippen LogP contribution in [0.2, 0.25) is 0 Å². The molecule has 0 atom stereocenters. The molecule has 2 rings (SSSR count). The minimum atomic E-state index is -0.687. The summed E-state index contributed by atoms with van der Waals surface area (Å²) in [4.78, 5) is 34.9. The van der Waals surface area contributed by atoms with E-state index in [-0.39, 0.29) is 6.54 Å². The van der Waals surface area contributed by atoms with Crippen molar-refractivity contribution in [3.8, 4) is 11.1 Å². The summed E-state index contributed by atoms with van der Waals surface area (Å²) in [7, 11) is 0. The lowest BCUT2D eigenvalue weighted by Crippen LogP contribution is -2.34. The second kappa shape index (κ2) is 9.78. The fourth-order valence-corrected chi connectivity index (χ4v) is 2.13. The Hall–Kier alpha value is -3.41. The lowest BCUT2D eigenvalue weighted by molar-refractivity contribution is -0.147. The summed E-state index contributed by atoms with van der Waals surface area (Å²) in [6.07, 6.45) is 1.52. The van der Waals surface area contributed by atoms with Crippen molar-refractivity contribution in [2.75, 3.05) is 19.7 Å². The Balaban J connectivity index is 1.79. The standard InChI is InChI=1S/C20H20N2O4/c1-2-12-21-18(23)14-26-19(24)13-22-20(25)17-10-8-16(9-11-17)15-6-4-3-5-7-15/h2-11H,1,12-14H2,(H,21,23)(H,22,25). The molecule has 0 spiro atoms. The molecule has 6 heteroatoms. The normalized spacial score (nSPS) is 9.85. The van der Waals surface area contributed by atoms with Crippen LogP contribution in [0, 0.1) is 0 Å². The first-order valence-electron chi connectivity index (χ1n) is 8.07. The molecule has 0 aliphatic carbocycles. The highest BCUT2D eigenvalue weighted by Crippen LogP contribution is 2.19. The molecule has 0 heterocycles. The van der Waals surface area contributed by atoms with Crippen LogP contribution in [0.15, 0.2) is 67.3 Å². The van der Waals surface area contributed by atoms with Gasteiger partial charge in [-0.15, -0.1) is 6.58 Å². The summed E-state index contributed by atoms with van der Waals surface area (Å²) in [6.45, 7) is 3.05. The van der Waals surface area contributed by atoms with Gasteiger partial charge in [-0.2, -0.15) is 0 Å². The molecular weight excluding hydrogens is 332 g/mol. The van der Waals surface area contributed by atoms with Gasteiger partial charge in [0, 0.05) is 12.1 Å². The topological polar surface area (TPSA) is 84.5 Å². The van der Waals surface area contributed by atoms with Crippen molar-refractivity contribution >= 4 is 17.8 Å². The van der Waals surface area contributed by atoms with Crippen molar-refractivity contribution < 1.29 is 19.1 Å². The summed E-state index contributed by atoms with van der Waals surface area (Å²) in [6, 6.07) is 16.8. The maximum Gasteiger partial charge on any atom is 0.325 e. The van der Waals surface area contributed by atoms with Crippen LogP contribution in [0.1, 0.15) is 10.4 Å². The van der Waals surface area contributed by atoms with E-state index in [4.69, 9.17) is 4.74 Å². The van der Waals surface area contributed by atoms with E-state index in [0.29, 0.717) is 12.1 Å². The zero-order valence-corrected chi connectivity index (χ0v) is 14.2. The van der Waals surface area contributed by atoms with Gasteiger partial charge < -0.3 is 15.4 Å². The second-order valence-corrected chi connectivity index (χ2v) is 5.38. The lowest BCUT2D eigenvalue weighted by atomic mass is 10.0. The van der Waals surface area contributed by atoms with Gasteiger partial charge in [0.15, 0.2) is 6.61 Å². The van der Waals surface area contributed by atoms with Gasteiger partial charge >= 0.3 is 5.97 Å². The molecular formula is C20H20N2O4. The number of amides is 2. The zero-order chi connectivity index (χ0) is 18.8. The third kappa shape index (κ3) is 5.90. The van der Waals surface area contributed by atoms with Crippen LogP contribution in [-0.4, -0.2) is 37.5 Å². The van der Waals surface area contributed by atoms with Gasteiger partial charge in [0.2, 0.25) is 0 Å². The number of rotatable bonds is 8. The van der Waals surface area contributed by atoms with Crippen molar-refractivity contribution in [3.05, 3.63) is 72.8 Å². The average molecular weight is 352 g/mol. The molecule has 26 heavy (non-hydrogen) atoms. The monoisotopic (exact) mass is 352 g/mol. The highest BCUT2D eigenvalue weighted by molar-refractivity contribution is 5.96. The first kappa shape index (κ1) is 18.9. The summed E-state index contributed by atoms with van der Waals surface area (Å²) in [5, 5.41) is 4.94. The second-order valence-electron chi connectivity index (χ2n) is 5.38. The van der Waals surface area contributed by atoms with Gasteiger partial charge in [-0.1, -0.05) is 48.5 Å². The molecule has 0 saturated heterocycles. The van der Waals surface area contributed by atoms with Crippen molar-refractivity contribution in [2.45, 2.75) is 0 Å². The third-order valence-corrected chi connectivity index (χ3v) is 3.46. The summed E-state index contributed by atoms with van der Waals surface area (Å²) in [5.41, 5.74) is 2.48. The number of benzene rings is 2. The van der Waals surface area contributed by atoms with E-state index in [1.807, 2.05) is 42.5 Å². The Morgan fingerprint density at radius 1 is 0.923 bits per heavy atom. The van der Waals surface area contributed by atoms with Crippen molar-refractivity contribution in [2.24, 2.45) is 0 Å². The molecule has 0 bridgehead atoms. The Morgan fingerprint density at radius 2 is 1.58 bits per heavy atom. The van der Waals surface area contributed by atoms with Crippen LogP contribution >= 0.6 is 0 Å². The smallest absolute Gasteiger partial charge is 0.325 e. The minimum Gasteiger partial charge on any atom is -0.454 e. The predicted octanol–water partition coefficient (Wildman–Crippen LogP) is 1.93. The Bertz CT molecular complexity index is 770. The van der Waals surface area contributed by atoms with E-state index in [0.717, 1.165) is 11.1 Å². The average Bonchev–Trinajstić information content (AvgIpc) is 2.69. The fraction of sp³-hybridized carbons (Fsp3) is 0.150. The molecule has 2 N–H and O–H groups in total. The fourth-order valence-electron chi connectivity index (χ4n) is 2.13. The summed E-state index contributed by atoms with van der Waals surface area (Å²) >= 11 is 0. The van der Waals surface area contributed by atoms with Gasteiger partial charge in [-0.3, -0.25) is 14.4 Å². The highest BCUT2D eigenvalue weighted by Gasteiger charge is 2.10. The van der Waals surface area contributed by atoms with E-state index in [9.17, 15) is 14.4 Å². The molecule has 2 amide bonds. The molecule has 0 aliphatic heterocycles. The van der Waals surface area contributed by atoms with Crippen LogP contribution in [0.25, 0.3) is 11.1 Å². The zero-order valence-electron chi connectivity index (χ0n) is 14.2. The van der Waals surface area contributed by atoms with E-state index < -0.39 is 24.4 Å². The number of carbonyl (C=O) groups excluding carboxylic acids is 3. The van der Waals surface area contributed by atoms with Crippen molar-refractivity contribution in [3.63, 3.8) is 0 Å². The van der Waals surface area contributed by atoms with Gasteiger partial charge in [0.25, 0.3) is 11.8 Å². The molecule has 0 aromatic heterocycles. The first-order valence-corrected chi connectivity index (χ1v) is 8.07. The molecule has 0 aliphatic rings. The largest absolute Gasteiger partial charge is 0.454 e. The van der Waals surface area contributed by atoms with Crippen LogP contribution < -0.4 is 10.6 Å². The Labute approximate surface area is 151 Å². The molecule has 0 saturated carbocycles. The number of nitrogens with one attached hydrogen (secondary N) is 2. The maximum absolute atomic E-state index is 12.1. The molecule has 0 unspecified atom stereocenters. The highest BCUT2D eigenvalue weighted by atomic mass is 16.5. The van der Waals surface area contributed by atoms with Gasteiger partial charge in [-0.05, 0) is 23.3 Å². The summed E-state index contributed by atoms with van der Waals surface area (Å²) < 4.78 is 4.76. The van der Waals surface area contributed by atoms with Crippen LogP contribution in [0.5, 0.6) is 0 Å². The van der Waals surface area contributed by atoms with E-state index >= 15 is 0 Å². The third-order valence-electron chi connectivity index (χ3n) is 3.46. The van der Waals surface area contributed by atoms with Gasteiger partial charge in [0.05, 0.1) is 0 Å². The molecule has 134 valence electrons. The number of ether oxygens (including phenoxy) is 1. The number of hydrogen-bond acceptors (Lipinski definition) is 4. The molecule has 2 aromatic carbocycles. The predicted molar refractivity (Wildman–Crippen MR) is 98.4 cm³/mol. The minimum absolute atomic E-state index is 0.298. The Kier molecular flexibility index (Phi) is 7.12. The number of carbonyl (C=O) groups is 3. The van der Waals surface area contributed by atoms with E-state index in [1.54, 1.807) is 12.1 Å². The number of hydrogen-bond donors (Lipinski definition) is 2.